The van der Waals surface area contributed by atoms with E-state index in [2.05, 4.69) is 17.9 Å². The van der Waals surface area contributed by atoms with Crippen molar-refractivity contribution in [3.05, 3.63) is 15.8 Å². The Hall–Kier alpha value is -1.15. The first-order chi connectivity index (χ1) is 17.0. The predicted molar refractivity (Wildman–Crippen MR) is 138 cm³/mol. The minimum absolute atomic E-state index is 0.184. The number of anilines is 1. The second-order valence-electron chi connectivity index (χ2n) is 11.5. The van der Waals surface area contributed by atoms with E-state index >= 15 is 0 Å². The molecule has 1 saturated heterocycles. The molecule has 2 heterocycles. The van der Waals surface area contributed by atoms with Gasteiger partial charge in [-0.25, -0.2) is 4.79 Å². The number of ether oxygens (including phenoxy) is 3. The molecule has 0 aromatic carbocycles. The third-order valence-electron chi connectivity index (χ3n) is 9.07. The molecule has 3 aliphatic carbocycles. The van der Waals surface area contributed by atoms with Crippen LogP contribution in [-0.4, -0.2) is 55.9 Å². The fourth-order valence-corrected chi connectivity index (χ4v) is 8.04. The van der Waals surface area contributed by atoms with Crippen LogP contribution in [0.5, 0.6) is 0 Å². The molecule has 4 aliphatic rings. The van der Waals surface area contributed by atoms with E-state index in [-0.39, 0.29) is 17.9 Å². The van der Waals surface area contributed by atoms with E-state index in [0.717, 1.165) is 74.4 Å². The van der Waals surface area contributed by atoms with Crippen molar-refractivity contribution in [1.82, 2.24) is 0 Å². The summed E-state index contributed by atoms with van der Waals surface area (Å²) in [6, 6.07) is 2.69. The number of thiophene rings is 1. The Bertz CT molecular complexity index is 840. The first-order valence-electron chi connectivity index (χ1n) is 13.9. The summed E-state index contributed by atoms with van der Waals surface area (Å²) in [5.41, 5.74) is 1.07. The highest BCUT2D eigenvalue weighted by molar-refractivity contribution is 7.14. The first-order valence-corrected chi connectivity index (χ1v) is 14.7. The Morgan fingerprint density at radius 2 is 1.71 bits per heavy atom. The molecule has 0 radical (unpaired) electrons. The fourth-order valence-electron chi connectivity index (χ4n) is 6.79. The lowest BCUT2D eigenvalue weighted by atomic mass is 9.82. The predicted octanol–water partition coefficient (Wildman–Crippen LogP) is 5.87. The van der Waals surface area contributed by atoms with Gasteiger partial charge in [-0.1, -0.05) is 19.8 Å². The van der Waals surface area contributed by atoms with E-state index in [1.165, 1.54) is 37.7 Å². The number of methoxy groups -OCH3 is 1. The van der Waals surface area contributed by atoms with E-state index in [9.17, 15) is 9.90 Å². The van der Waals surface area contributed by atoms with Gasteiger partial charge in [0.25, 0.3) is 0 Å². The number of hydrogen-bond donors (Lipinski definition) is 1. The molecular formula is C28H43NO5S. The quantitative estimate of drug-likeness (QED) is 0.488. The van der Waals surface area contributed by atoms with Gasteiger partial charge in [0.15, 0.2) is 5.79 Å². The molecule has 0 amide bonds. The van der Waals surface area contributed by atoms with Crippen molar-refractivity contribution in [2.45, 2.75) is 108 Å². The Morgan fingerprint density at radius 3 is 2.34 bits per heavy atom. The molecule has 7 heteroatoms. The zero-order chi connectivity index (χ0) is 24.4. The number of carbonyl (C=O) groups excluding carboxylic acids is 1. The monoisotopic (exact) mass is 505 g/mol. The Morgan fingerprint density at radius 1 is 1.06 bits per heavy atom. The van der Waals surface area contributed by atoms with Crippen molar-refractivity contribution in [1.29, 1.82) is 0 Å². The number of aliphatic hydroxyl groups is 1. The highest BCUT2D eigenvalue weighted by Gasteiger charge is 2.41. The molecule has 1 aliphatic heterocycles. The molecule has 35 heavy (non-hydrogen) atoms. The van der Waals surface area contributed by atoms with Gasteiger partial charge in [0.2, 0.25) is 0 Å². The van der Waals surface area contributed by atoms with Crippen LogP contribution in [0.4, 0.5) is 5.69 Å². The second-order valence-corrected chi connectivity index (χ2v) is 12.6. The van der Waals surface area contributed by atoms with Crippen molar-refractivity contribution in [2.24, 2.45) is 11.8 Å². The van der Waals surface area contributed by atoms with Gasteiger partial charge in [-0.15, -0.1) is 11.3 Å². The normalized spacial score (nSPS) is 31.5. The maximum absolute atomic E-state index is 13.0. The lowest BCUT2D eigenvalue weighted by Crippen LogP contribution is -2.43. The summed E-state index contributed by atoms with van der Waals surface area (Å²) in [6.45, 7) is 4.77. The van der Waals surface area contributed by atoms with Crippen LogP contribution in [0.1, 0.15) is 104 Å². The summed E-state index contributed by atoms with van der Waals surface area (Å²) in [5, 5.41) is 10.2. The number of hydrogen-bond acceptors (Lipinski definition) is 7. The van der Waals surface area contributed by atoms with Crippen LogP contribution in [0.25, 0.3) is 0 Å². The molecule has 3 saturated carbocycles. The first kappa shape index (κ1) is 25.5. The zero-order valence-corrected chi connectivity index (χ0v) is 22.3. The molecule has 196 valence electrons. The molecule has 0 unspecified atom stereocenters. The van der Waals surface area contributed by atoms with Crippen LogP contribution in [-0.2, 0) is 14.2 Å². The molecule has 5 rings (SSSR count). The zero-order valence-electron chi connectivity index (χ0n) is 21.5. The molecule has 0 atom stereocenters. The van der Waals surface area contributed by atoms with Gasteiger partial charge >= 0.3 is 5.97 Å². The lowest BCUT2D eigenvalue weighted by molar-refractivity contribution is -0.178. The lowest BCUT2D eigenvalue weighted by Gasteiger charge is -2.40. The standard InChI is InChI=1S/C28H43NO5S/c1-19-3-5-20(6-4-19)18-29(22-7-9-23(30)10-8-22)24-17-25(35-26(24)27(31)32-2)21-11-13-28(14-12-21)33-15-16-34-28/h17,19-23,30H,3-16,18H2,1-2H3. The Balaban J connectivity index is 1.40. The number of nitrogens with zero attached hydrogens (tertiary/aromatic N) is 1. The van der Waals surface area contributed by atoms with Gasteiger partial charge in [-0.3, -0.25) is 0 Å². The summed E-state index contributed by atoms with van der Waals surface area (Å²) in [6.07, 6.45) is 12.5. The fraction of sp³-hybridized carbons (Fsp3) is 0.821. The third-order valence-corrected chi connectivity index (χ3v) is 10.3. The largest absolute Gasteiger partial charge is 0.465 e. The van der Waals surface area contributed by atoms with E-state index in [4.69, 9.17) is 14.2 Å². The van der Waals surface area contributed by atoms with Gasteiger partial charge in [-0.2, -0.15) is 0 Å². The van der Waals surface area contributed by atoms with Crippen LogP contribution >= 0.6 is 11.3 Å². The van der Waals surface area contributed by atoms with E-state index in [1.54, 1.807) is 11.3 Å². The van der Waals surface area contributed by atoms with Crippen LogP contribution in [0.2, 0.25) is 0 Å². The summed E-state index contributed by atoms with van der Waals surface area (Å²) >= 11 is 1.64. The SMILES string of the molecule is COC(=O)c1sc(C2CCC3(CC2)OCCO3)cc1N(CC1CCC(C)CC1)C1CCC(O)CC1. The average Bonchev–Trinajstić information content (AvgIpc) is 3.52. The van der Waals surface area contributed by atoms with Crippen LogP contribution in [0, 0.1) is 11.8 Å². The second kappa shape index (κ2) is 11.1. The molecule has 1 spiro atoms. The van der Waals surface area contributed by atoms with Gasteiger partial charge < -0.3 is 24.2 Å². The minimum atomic E-state index is -0.366. The van der Waals surface area contributed by atoms with Crippen LogP contribution in [0.3, 0.4) is 0 Å². The van der Waals surface area contributed by atoms with Gasteiger partial charge in [-0.05, 0) is 75.2 Å². The molecule has 1 aromatic rings. The van der Waals surface area contributed by atoms with Crippen LogP contribution in [0.15, 0.2) is 6.07 Å². The molecule has 1 N–H and O–H groups in total. The topological polar surface area (TPSA) is 68.2 Å². The molecular weight excluding hydrogens is 462 g/mol. The van der Waals surface area contributed by atoms with Crippen molar-refractivity contribution < 1.29 is 24.1 Å². The maximum atomic E-state index is 13.0. The van der Waals surface area contributed by atoms with Crippen molar-refractivity contribution in [3.8, 4) is 0 Å². The average molecular weight is 506 g/mol. The summed E-state index contributed by atoms with van der Waals surface area (Å²) in [7, 11) is 1.49. The molecule has 0 bridgehead atoms. The van der Waals surface area contributed by atoms with Gasteiger partial charge in [0.05, 0.1) is 32.1 Å². The van der Waals surface area contributed by atoms with Crippen molar-refractivity contribution in [3.63, 3.8) is 0 Å². The third kappa shape index (κ3) is 5.73. The van der Waals surface area contributed by atoms with Gasteiger partial charge in [0.1, 0.15) is 4.88 Å². The van der Waals surface area contributed by atoms with Crippen molar-refractivity contribution >= 4 is 23.0 Å². The summed E-state index contributed by atoms with van der Waals surface area (Å²) < 4.78 is 17.2. The Kier molecular flexibility index (Phi) is 8.07. The summed E-state index contributed by atoms with van der Waals surface area (Å²) in [5.74, 6) is 1.34. The van der Waals surface area contributed by atoms with Crippen LogP contribution < -0.4 is 4.90 Å². The number of rotatable bonds is 6. The van der Waals surface area contributed by atoms with E-state index in [0.29, 0.717) is 31.1 Å². The summed E-state index contributed by atoms with van der Waals surface area (Å²) in [4.78, 5) is 17.6. The van der Waals surface area contributed by atoms with E-state index < -0.39 is 0 Å². The van der Waals surface area contributed by atoms with Crippen molar-refractivity contribution in [2.75, 3.05) is 31.8 Å². The number of carbonyl (C=O) groups is 1. The highest BCUT2D eigenvalue weighted by atomic mass is 32.1. The van der Waals surface area contributed by atoms with Gasteiger partial charge in [0, 0.05) is 30.3 Å². The Labute approximate surface area is 214 Å². The molecule has 6 nitrogen and oxygen atoms in total. The van der Waals surface area contributed by atoms with E-state index in [1.807, 2.05) is 0 Å². The maximum Gasteiger partial charge on any atom is 0.350 e. The highest BCUT2D eigenvalue weighted by Crippen LogP contribution is 2.47. The molecule has 1 aromatic heterocycles. The molecule has 4 fully saturated rings. The minimum Gasteiger partial charge on any atom is -0.465 e. The number of aliphatic hydroxyl groups excluding tert-OH is 1. The number of esters is 1. The smallest absolute Gasteiger partial charge is 0.350 e.